The molecule has 3 heterocycles. The minimum Gasteiger partial charge on any atom is -0.450 e. The van der Waals surface area contributed by atoms with E-state index in [0.29, 0.717) is 11.3 Å². The lowest BCUT2D eigenvalue weighted by molar-refractivity contribution is -0.384. The molecule has 1 aliphatic rings. The topological polar surface area (TPSA) is 120 Å². The Morgan fingerprint density at radius 2 is 1.87 bits per heavy atom. The second kappa shape index (κ2) is 6.59. The third kappa shape index (κ3) is 2.80. The summed E-state index contributed by atoms with van der Waals surface area (Å²) >= 11 is 0. The van der Waals surface area contributed by atoms with Crippen molar-refractivity contribution in [3.8, 4) is 0 Å². The fourth-order valence-electron chi connectivity index (χ4n) is 3.74. The lowest BCUT2D eigenvalue weighted by Gasteiger charge is -2.22. The first-order chi connectivity index (χ1) is 14.8. The number of benzene rings is 2. The Hall–Kier alpha value is -4.34. The van der Waals surface area contributed by atoms with E-state index in [0.717, 1.165) is 12.1 Å². The summed E-state index contributed by atoms with van der Waals surface area (Å²) in [6, 6.07) is 9.41. The van der Waals surface area contributed by atoms with Gasteiger partial charge in [0.05, 0.1) is 21.9 Å². The number of non-ortho nitro benzene ring substituents is 1. The lowest BCUT2D eigenvalue weighted by Crippen LogP contribution is -2.29. The van der Waals surface area contributed by atoms with Gasteiger partial charge >= 0.3 is 0 Å². The van der Waals surface area contributed by atoms with Crippen molar-refractivity contribution in [3.63, 3.8) is 0 Å². The lowest BCUT2D eigenvalue weighted by atomic mass is 9.98. The molecular weight excluding hydrogens is 409 g/mol. The molecule has 10 heteroatoms. The zero-order valence-corrected chi connectivity index (χ0v) is 15.9. The minimum absolute atomic E-state index is 0.00222. The van der Waals surface area contributed by atoms with Gasteiger partial charge in [0.15, 0.2) is 11.2 Å². The molecule has 1 aliphatic heterocycles. The van der Waals surface area contributed by atoms with E-state index in [2.05, 4.69) is 5.16 Å². The molecule has 0 spiro atoms. The molecule has 1 unspecified atom stereocenters. The van der Waals surface area contributed by atoms with Crippen molar-refractivity contribution in [3.05, 3.63) is 97.3 Å². The van der Waals surface area contributed by atoms with Crippen molar-refractivity contribution in [1.82, 2.24) is 5.16 Å². The number of halogens is 1. The highest BCUT2D eigenvalue weighted by atomic mass is 19.1. The fourth-order valence-corrected chi connectivity index (χ4v) is 3.74. The Balaban J connectivity index is 1.79. The predicted molar refractivity (Wildman–Crippen MR) is 105 cm³/mol. The summed E-state index contributed by atoms with van der Waals surface area (Å²) in [7, 11) is 0. The maximum absolute atomic E-state index is 13.8. The van der Waals surface area contributed by atoms with Gasteiger partial charge in [-0.15, -0.1) is 0 Å². The van der Waals surface area contributed by atoms with Crippen molar-refractivity contribution in [2.75, 3.05) is 4.90 Å². The second-order valence-electron chi connectivity index (χ2n) is 7.04. The number of aryl methyl sites for hydroxylation is 1. The molecular formula is C21H12FN3O6. The number of carbonyl (C=O) groups is 1. The molecule has 0 saturated heterocycles. The first kappa shape index (κ1) is 18.7. The first-order valence-electron chi connectivity index (χ1n) is 9.12. The maximum atomic E-state index is 13.8. The minimum atomic E-state index is -0.989. The number of hydrogen-bond acceptors (Lipinski definition) is 7. The highest BCUT2D eigenvalue weighted by Gasteiger charge is 2.45. The smallest absolute Gasteiger partial charge is 0.296 e. The Morgan fingerprint density at radius 3 is 2.52 bits per heavy atom. The van der Waals surface area contributed by atoms with Crippen LogP contribution in [0.3, 0.4) is 0 Å². The summed E-state index contributed by atoms with van der Waals surface area (Å²) in [5, 5.41) is 14.9. The van der Waals surface area contributed by atoms with E-state index in [1.165, 1.54) is 41.3 Å². The van der Waals surface area contributed by atoms with E-state index in [1.54, 1.807) is 6.92 Å². The number of aromatic nitrogens is 1. The zero-order chi connectivity index (χ0) is 21.9. The number of amides is 1. The third-order valence-corrected chi connectivity index (χ3v) is 5.11. The molecule has 0 saturated carbocycles. The predicted octanol–water partition coefficient (Wildman–Crippen LogP) is 3.89. The molecule has 9 nitrogen and oxygen atoms in total. The average Bonchev–Trinajstić information content (AvgIpc) is 3.30. The van der Waals surface area contributed by atoms with Crippen LogP contribution in [0.5, 0.6) is 0 Å². The van der Waals surface area contributed by atoms with Gasteiger partial charge in [0.1, 0.15) is 17.2 Å². The second-order valence-corrected chi connectivity index (χ2v) is 7.04. The third-order valence-electron chi connectivity index (χ3n) is 5.11. The van der Waals surface area contributed by atoms with Gasteiger partial charge in [-0.2, -0.15) is 0 Å². The van der Waals surface area contributed by atoms with Crippen LogP contribution in [0.15, 0.2) is 62.3 Å². The highest BCUT2D eigenvalue weighted by molar-refractivity contribution is 6.10. The summed E-state index contributed by atoms with van der Waals surface area (Å²) in [4.78, 5) is 38.3. The van der Waals surface area contributed by atoms with Crippen LogP contribution in [0.4, 0.5) is 15.9 Å². The molecule has 4 aromatic rings. The summed E-state index contributed by atoms with van der Waals surface area (Å²) < 4.78 is 24.6. The van der Waals surface area contributed by atoms with E-state index in [1.807, 2.05) is 0 Å². The van der Waals surface area contributed by atoms with Crippen molar-refractivity contribution >= 4 is 28.4 Å². The summed E-state index contributed by atoms with van der Waals surface area (Å²) in [6.45, 7) is 1.64. The number of fused-ring (bicyclic) bond motifs is 2. The number of rotatable bonds is 3. The standard InChI is InChI=1S/C21H12FN3O6/c1-10-8-16(23-31-10)24-18(11-2-5-13(6-3-11)25(28)29)17-19(26)14-9-12(22)4-7-15(14)30-20(17)21(24)27/h2-9,18H,1H3. The van der Waals surface area contributed by atoms with Crippen LogP contribution in [0, 0.1) is 22.9 Å². The summed E-state index contributed by atoms with van der Waals surface area (Å²) in [5.41, 5.74) is -0.238. The van der Waals surface area contributed by atoms with Crippen molar-refractivity contribution in [2.24, 2.45) is 0 Å². The van der Waals surface area contributed by atoms with E-state index in [4.69, 9.17) is 8.94 Å². The molecule has 2 aromatic heterocycles. The highest BCUT2D eigenvalue weighted by Crippen LogP contribution is 2.41. The van der Waals surface area contributed by atoms with Crippen LogP contribution in [0.25, 0.3) is 11.0 Å². The van der Waals surface area contributed by atoms with Crippen LogP contribution in [0.2, 0.25) is 0 Å². The normalized spacial score (nSPS) is 15.5. The number of nitro groups is 1. The Morgan fingerprint density at radius 1 is 1.13 bits per heavy atom. The summed E-state index contributed by atoms with van der Waals surface area (Å²) in [6.07, 6.45) is 0. The van der Waals surface area contributed by atoms with Gasteiger partial charge in [0.25, 0.3) is 11.6 Å². The summed E-state index contributed by atoms with van der Waals surface area (Å²) in [5.74, 6) is -0.873. The molecule has 1 atom stereocenters. The van der Waals surface area contributed by atoms with E-state index >= 15 is 0 Å². The molecule has 0 bridgehead atoms. The molecule has 5 rings (SSSR count). The van der Waals surface area contributed by atoms with Crippen molar-refractivity contribution < 1.29 is 23.0 Å². The van der Waals surface area contributed by atoms with Crippen LogP contribution in [0.1, 0.15) is 33.5 Å². The van der Waals surface area contributed by atoms with Crippen LogP contribution >= 0.6 is 0 Å². The number of carbonyl (C=O) groups excluding carboxylic acids is 1. The van der Waals surface area contributed by atoms with Gasteiger partial charge < -0.3 is 8.94 Å². The Labute approximate surface area is 172 Å². The monoisotopic (exact) mass is 421 g/mol. The van der Waals surface area contributed by atoms with Gasteiger partial charge in [-0.25, -0.2) is 4.39 Å². The molecule has 0 N–H and O–H groups in total. The van der Waals surface area contributed by atoms with Gasteiger partial charge in [-0.05, 0) is 42.8 Å². The zero-order valence-electron chi connectivity index (χ0n) is 15.9. The van der Waals surface area contributed by atoms with Gasteiger partial charge in [-0.1, -0.05) is 5.16 Å². The molecule has 0 aliphatic carbocycles. The van der Waals surface area contributed by atoms with E-state index in [9.17, 15) is 24.1 Å². The SMILES string of the molecule is Cc1cc(N2C(=O)c3oc4ccc(F)cc4c(=O)c3C2c2ccc([N+](=O)[O-])cc2)no1. The number of hydrogen-bond donors (Lipinski definition) is 0. The van der Waals surface area contributed by atoms with Crippen LogP contribution in [-0.2, 0) is 0 Å². The molecule has 2 aromatic carbocycles. The molecule has 0 radical (unpaired) electrons. The van der Waals surface area contributed by atoms with Gasteiger partial charge in [0, 0.05) is 18.2 Å². The van der Waals surface area contributed by atoms with Crippen molar-refractivity contribution in [1.29, 1.82) is 0 Å². The van der Waals surface area contributed by atoms with Crippen LogP contribution in [-0.4, -0.2) is 16.0 Å². The Bertz CT molecular complexity index is 1440. The van der Waals surface area contributed by atoms with Crippen molar-refractivity contribution in [2.45, 2.75) is 13.0 Å². The number of nitrogens with zero attached hydrogens (tertiary/aromatic N) is 3. The fraction of sp³-hybridized carbons (Fsp3) is 0.0952. The average molecular weight is 421 g/mol. The maximum Gasteiger partial charge on any atom is 0.296 e. The molecule has 0 fully saturated rings. The molecule has 154 valence electrons. The number of anilines is 1. The Kier molecular flexibility index (Phi) is 3.97. The van der Waals surface area contributed by atoms with Crippen LogP contribution < -0.4 is 10.3 Å². The quantitative estimate of drug-likeness (QED) is 0.364. The van der Waals surface area contributed by atoms with E-state index in [-0.39, 0.29) is 33.8 Å². The van der Waals surface area contributed by atoms with Gasteiger partial charge in [0.2, 0.25) is 5.76 Å². The first-order valence-corrected chi connectivity index (χ1v) is 9.12. The number of nitro benzene ring substituents is 1. The van der Waals surface area contributed by atoms with E-state index < -0.39 is 28.1 Å². The molecule has 1 amide bonds. The largest absolute Gasteiger partial charge is 0.450 e. The van der Waals surface area contributed by atoms with Gasteiger partial charge in [-0.3, -0.25) is 24.6 Å². The molecule has 31 heavy (non-hydrogen) atoms.